The maximum atomic E-state index is 13.0. The topological polar surface area (TPSA) is 91.6 Å². The van der Waals surface area contributed by atoms with Crippen molar-refractivity contribution in [3.05, 3.63) is 47.0 Å². The molecule has 31 heavy (non-hydrogen) atoms. The van der Waals surface area contributed by atoms with Gasteiger partial charge in [0, 0.05) is 69.8 Å². The minimum atomic E-state index is -3.37. The summed E-state index contributed by atoms with van der Waals surface area (Å²) in [6.45, 7) is 4.67. The fourth-order valence-corrected chi connectivity index (χ4v) is 5.81. The molecule has 0 aliphatic carbocycles. The van der Waals surface area contributed by atoms with E-state index in [1.54, 1.807) is 27.1 Å². The maximum Gasteiger partial charge on any atom is 0.282 e. The first-order valence-electron chi connectivity index (χ1n) is 11.0. The summed E-state index contributed by atoms with van der Waals surface area (Å²) < 4.78 is 30.7. The van der Waals surface area contributed by atoms with Crippen LogP contribution in [0.25, 0.3) is 11.3 Å². The molecule has 2 aliphatic rings. The normalized spacial score (nSPS) is 19.9. The molecule has 0 aromatic carbocycles. The molecule has 0 spiro atoms. The second-order valence-corrected chi connectivity index (χ2v) is 10.0. The van der Waals surface area contributed by atoms with Gasteiger partial charge in [-0.15, -0.1) is 0 Å². The Labute approximate surface area is 183 Å². The van der Waals surface area contributed by atoms with Crippen molar-refractivity contribution in [2.45, 2.75) is 32.2 Å². The number of rotatable bonds is 6. The Morgan fingerprint density at radius 1 is 0.774 bits per heavy atom. The van der Waals surface area contributed by atoms with Gasteiger partial charge >= 0.3 is 0 Å². The SMILES string of the molecule is O=c1ccc(-c2ccncc2)nn1CCN1CCN(S(=O)(=O)N2CCCCCC2)CC1. The highest BCUT2D eigenvalue weighted by molar-refractivity contribution is 7.86. The third kappa shape index (κ3) is 5.38. The molecular weight excluding hydrogens is 416 g/mol. The molecule has 0 atom stereocenters. The molecule has 4 heterocycles. The van der Waals surface area contributed by atoms with Crippen molar-refractivity contribution in [3.63, 3.8) is 0 Å². The quantitative estimate of drug-likeness (QED) is 0.659. The second-order valence-electron chi connectivity index (χ2n) is 8.08. The lowest BCUT2D eigenvalue weighted by Crippen LogP contribution is -2.53. The Balaban J connectivity index is 1.33. The number of nitrogens with zero attached hydrogens (tertiary/aromatic N) is 6. The van der Waals surface area contributed by atoms with E-state index in [1.807, 2.05) is 12.1 Å². The van der Waals surface area contributed by atoms with Crippen LogP contribution in [-0.2, 0) is 16.8 Å². The van der Waals surface area contributed by atoms with Crippen LogP contribution >= 0.6 is 0 Å². The Morgan fingerprint density at radius 2 is 1.42 bits per heavy atom. The zero-order chi connectivity index (χ0) is 21.7. The zero-order valence-corrected chi connectivity index (χ0v) is 18.6. The number of piperazine rings is 1. The minimum Gasteiger partial charge on any atom is -0.299 e. The van der Waals surface area contributed by atoms with Crippen molar-refractivity contribution >= 4 is 10.2 Å². The minimum absolute atomic E-state index is 0.139. The van der Waals surface area contributed by atoms with E-state index in [0.717, 1.165) is 36.9 Å². The molecular formula is C21H30N6O3S. The largest absolute Gasteiger partial charge is 0.299 e. The lowest BCUT2D eigenvalue weighted by Gasteiger charge is -2.36. The van der Waals surface area contributed by atoms with Gasteiger partial charge in [-0.25, -0.2) is 4.68 Å². The lowest BCUT2D eigenvalue weighted by atomic mass is 10.2. The second kappa shape index (κ2) is 9.99. The molecule has 0 radical (unpaired) electrons. The van der Waals surface area contributed by atoms with Crippen LogP contribution in [-0.4, -0.2) is 82.5 Å². The smallest absolute Gasteiger partial charge is 0.282 e. The third-order valence-electron chi connectivity index (χ3n) is 6.02. The van der Waals surface area contributed by atoms with Crippen LogP contribution in [0.1, 0.15) is 25.7 Å². The summed E-state index contributed by atoms with van der Waals surface area (Å²) in [5.41, 5.74) is 1.51. The molecule has 0 bridgehead atoms. The first kappa shape index (κ1) is 22.1. The number of aromatic nitrogens is 3. The molecule has 2 saturated heterocycles. The van der Waals surface area contributed by atoms with Crippen LogP contribution in [0.5, 0.6) is 0 Å². The van der Waals surface area contributed by atoms with Gasteiger partial charge in [-0.05, 0) is 31.0 Å². The molecule has 2 aliphatic heterocycles. The number of hydrogen-bond donors (Lipinski definition) is 0. The predicted molar refractivity (Wildman–Crippen MR) is 119 cm³/mol. The van der Waals surface area contributed by atoms with Crippen LogP contribution in [0.4, 0.5) is 0 Å². The van der Waals surface area contributed by atoms with Gasteiger partial charge in [-0.3, -0.25) is 14.7 Å². The highest BCUT2D eigenvalue weighted by Crippen LogP contribution is 2.18. The van der Waals surface area contributed by atoms with Gasteiger partial charge < -0.3 is 0 Å². The molecule has 0 unspecified atom stereocenters. The fraction of sp³-hybridized carbons (Fsp3) is 0.571. The summed E-state index contributed by atoms with van der Waals surface area (Å²) >= 11 is 0. The fourth-order valence-electron chi connectivity index (χ4n) is 4.14. The van der Waals surface area contributed by atoms with E-state index >= 15 is 0 Å². The van der Waals surface area contributed by atoms with Gasteiger partial charge in [0.1, 0.15) is 0 Å². The Hall–Kier alpha value is -2.14. The van der Waals surface area contributed by atoms with E-state index in [4.69, 9.17) is 0 Å². The first-order valence-corrected chi connectivity index (χ1v) is 12.4. The molecule has 9 nitrogen and oxygen atoms in total. The predicted octanol–water partition coefficient (Wildman–Crippen LogP) is 1.04. The highest BCUT2D eigenvalue weighted by atomic mass is 32.2. The summed E-state index contributed by atoms with van der Waals surface area (Å²) in [6.07, 6.45) is 7.50. The van der Waals surface area contributed by atoms with Crippen molar-refractivity contribution < 1.29 is 8.42 Å². The molecule has 2 aromatic rings. The van der Waals surface area contributed by atoms with Crippen LogP contribution < -0.4 is 5.56 Å². The van der Waals surface area contributed by atoms with Crippen molar-refractivity contribution in [2.24, 2.45) is 0 Å². The summed E-state index contributed by atoms with van der Waals surface area (Å²) in [5, 5.41) is 4.49. The van der Waals surface area contributed by atoms with Gasteiger partial charge in [0.05, 0.1) is 12.2 Å². The summed E-state index contributed by atoms with van der Waals surface area (Å²) in [6, 6.07) is 6.98. The monoisotopic (exact) mass is 446 g/mol. The molecule has 10 heteroatoms. The average molecular weight is 447 g/mol. The summed E-state index contributed by atoms with van der Waals surface area (Å²) in [7, 11) is -3.37. The van der Waals surface area contributed by atoms with Gasteiger partial charge in [-0.1, -0.05) is 12.8 Å². The summed E-state index contributed by atoms with van der Waals surface area (Å²) in [4.78, 5) is 18.4. The summed E-state index contributed by atoms with van der Waals surface area (Å²) in [5.74, 6) is 0. The molecule has 0 amide bonds. The van der Waals surface area contributed by atoms with Crippen molar-refractivity contribution in [1.29, 1.82) is 0 Å². The average Bonchev–Trinajstić information content (AvgIpc) is 3.10. The van der Waals surface area contributed by atoms with Gasteiger partial charge in [0.25, 0.3) is 15.8 Å². The van der Waals surface area contributed by atoms with Crippen LogP contribution in [0.15, 0.2) is 41.5 Å². The van der Waals surface area contributed by atoms with Crippen LogP contribution in [0, 0.1) is 0 Å². The molecule has 0 N–H and O–H groups in total. The zero-order valence-electron chi connectivity index (χ0n) is 17.8. The molecule has 2 fully saturated rings. The van der Waals surface area contributed by atoms with E-state index in [2.05, 4.69) is 15.0 Å². The van der Waals surface area contributed by atoms with Gasteiger partial charge in [0.15, 0.2) is 0 Å². The highest BCUT2D eigenvalue weighted by Gasteiger charge is 2.32. The lowest BCUT2D eigenvalue weighted by molar-refractivity contribution is 0.174. The standard InChI is InChI=1S/C21H30N6O3S/c28-21-6-5-20(19-7-9-22-10-8-19)23-27(21)18-15-24-13-16-26(17-14-24)31(29,30)25-11-3-1-2-4-12-25/h5-10H,1-4,11-18H2. The van der Waals surface area contributed by atoms with E-state index in [0.29, 0.717) is 52.4 Å². The number of pyridine rings is 1. The maximum absolute atomic E-state index is 13.0. The van der Waals surface area contributed by atoms with Crippen LogP contribution in [0.3, 0.4) is 0 Å². The Morgan fingerprint density at radius 3 is 2.10 bits per heavy atom. The van der Waals surface area contributed by atoms with E-state index in [9.17, 15) is 13.2 Å². The molecule has 168 valence electrons. The van der Waals surface area contributed by atoms with Gasteiger partial charge in [-0.2, -0.15) is 22.1 Å². The van der Waals surface area contributed by atoms with Crippen molar-refractivity contribution in [2.75, 3.05) is 45.8 Å². The number of hydrogen-bond acceptors (Lipinski definition) is 6. The third-order valence-corrected chi connectivity index (χ3v) is 8.06. The van der Waals surface area contributed by atoms with Crippen LogP contribution in [0.2, 0.25) is 0 Å². The van der Waals surface area contributed by atoms with Gasteiger partial charge in [0.2, 0.25) is 0 Å². The first-order chi connectivity index (χ1) is 15.0. The van der Waals surface area contributed by atoms with E-state index < -0.39 is 10.2 Å². The Bertz CT molecular complexity index is 1010. The molecule has 4 rings (SSSR count). The molecule has 0 saturated carbocycles. The van der Waals surface area contributed by atoms with E-state index in [-0.39, 0.29) is 5.56 Å². The molecule has 2 aromatic heterocycles. The van der Waals surface area contributed by atoms with Crippen molar-refractivity contribution in [1.82, 2.24) is 28.3 Å². The Kier molecular flexibility index (Phi) is 7.11. The van der Waals surface area contributed by atoms with E-state index in [1.165, 1.54) is 10.7 Å². The van der Waals surface area contributed by atoms with Crippen molar-refractivity contribution in [3.8, 4) is 11.3 Å².